The van der Waals surface area contributed by atoms with Crippen LogP contribution in [0.25, 0.3) is 0 Å². The maximum Gasteiger partial charge on any atom is 0.327 e. The number of carbonyl (C=O) groups excluding carboxylic acids is 3. The summed E-state index contributed by atoms with van der Waals surface area (Å²) in [5, 5.41) is 2.86. The first-order chi connectivity index (χ1) is 16.5. The number of aromatic nitrogens is 1. The van der Waals surface area contributed by atoms with Gasteiger partial charge in [0.25, 0.3) is 5.91 Å². The van der Waals surface area contributed by atoms with E-state index in [0.29, 0.717) is 56.8 Å². The molecule has 1 aromatic carbocycles. The fourth-order valence-electron chi connectivity index (χ4n) is 4.48. The number of hydrogen-bond donors (Lipinski definition) is 1. The number of ether oxygens (including phenoxy) is 2. The molecule has 1 saturated heterocycles. The standard InChI is InChI=1S/C25H30N4O5/c1-33-21-13-17-12-20-24(31)28(25(32)29(20)16-18(17)14-22(21)34-2)11-7-3-4-9-23(30)27-15-19-8-5-6-10-26-19/h5-6,8,10,13-14,20H,3-4,7,9,11-12,15-16H2,1-2H3,(H,27,30)/t20-/m0/s1. The lowest BCUT2D eigenvalue weighted by Crippen LogP contribution is -2.40. The Morgan fingerprint density at radius 2 is 1.85 bits per heavy atom. The lowest BCUT2D eigenvalue weighted by atomic mass is 9.94. The highest BCUT2D eigenvalue weighted by Crippen LogP contribution is 2.37. The number of benzene rings is 1. The molecule has 2 aliphatic rings. The van der Waals surface area contributed by atoms with E-state index >= 15 is 0 Å². The van der Waals surface area contributed by atoms with E-state index < -0.39 is 6.04 Å². The third kappa shape index (κ3) is 4.98. The first-order valence-electron chi connectivity index (χ1n) is 11.5. The normalized spacial score (nSPS) is 16.8. The van der Waals surface area contributed by atoms with Gasteiger partial charge in [-0.15, -0.1) is 0 Å². The number of nitrogens with zero attached hydrogens (tertiary/aromatic N) is 3. The van der Waals surface area contributed by atoms with Gasteiger partial charge in [0, 0.05) is 32.1 Å². The minimum Gasteiger partial charge on any atom is -0.493 e. The summed E-state index contributed by atoms with van der Waals surface area (Å²) in [6.07, 6.45) is 4.69. The quantitative estimate of drug-likeness (QED) is 0.427. The Morgan fingerprint density at radius 3 is 2.56 bits per heavy atom. The number of hydrogen-bond acceptors (Lipinski definition) is 6. The molecule has 9 nitrogen and oxygen atoms in total. The van der Waals surface area contributed by atoms with Gasteiger partial charge in [-0.25, -0.2) is 4.79 Å². The second-order valence-electron chi connectivity index (χ2n) is 8.50. The zero-order valence-corrected chi connectivity index (χ0v) is 19.6. The van der Waals surface area contributed by atoms with E-state index in [0.717, 1.165) is 23.2 Å². The molecule has 9 heteroatoms. The van der Waals surface area contributed by atoms with Gasteiger partial charge in [0.2, 0.25) is 5.91 Å². The number of imide groups is 1. The van der Waals surface area contributed by atoms with Gasteiger partial charge in [-0.3, -0.25) is 19.5 Å². The molecule has 4 amide bonds. The topological polar surface area (TPSA) is 101 Å². The number of unbranched alkanes of at least 4 members (excludes halogenated alkanes) is 2. The van der Waals surface area contributed by atoms with E-state index in [1.54, 1.807) is 25.3 Å². The van der Waals surface area contributed by atoms with Crippen LogP contribution in [-0.2, 0) is 29.1 Å². The van der Waals surface area contributed by atoms with Gasteiger partial charge in [-0.1, -0.05) is 12.5 Å². The van der Waals surface area contributed by atoms with Crippen molar-refractivity contribution in [2.45, 2.75) is 51.2 Å². The average molecular weight is 467 g/mol. The second-order valence-corrected chi connectivity index (χ2v) is 8.50. The van der Waals surface area contributed by atoms with Crippen molar-refractivity contribution in [1.29, 1.82) is 0 Å². The highest BCUT2D eigenvalue weighted by atomic mass is 16.5. The van der Waals surface area contributed by atoms with Crippen LogP contribution in [0.5, 0.6) is 11.5 Å². The first kappa shape index (κ1) is 23.5. The molecule has 1 N–H and O–H groups in total. The molecule has 0 saturated carbocycles. The van der Waals surface area contributed by atoms with Gasteiger partial charge >= 0.3 is 6.03 Å². The monoisotopic (exact) mass is 466 g/mol. The van der Waals surface area contributed by atoms with Gasteiger partial charge < -0.3 is 19.7 Å². The molecule has 3 heterocycles. The maximum absolute atomic E-state index is 13.0. The number of carbonyl (C=O) groups is 3. The summed E-state index contributed by atoms with van der Waals surface area (Å²) < 4.78 is 10.8. The number of urea groups is 1. The molecule has 1 aromatic heterocycles. The van der Waals surface area contributed by atoms with Crippen molar-refractivity contribution < 1.29 is 23.9 Å². The fourth-order valence-corrected chi connectivity index (χ4v) is 4.48. The third-order valence-corrected chi connectivity index (χ3v) is 6.34. The van der Waals surface area contributed by atoms with Crippen molar-refractivity contribution >= 4 is 17.8 Å². The Bertz CT molecular complexity index is 1010. The molecule has 2 aromatic rings. The second kappa shape index (κ2) is 10.5. The summed E-state index contributed by atoms with van der Waals surface area (Å²) in [5.41, 5.74) is 2.78. The van der Waals surface area contributed by atoms with Crippen molar-refractivity contribution in [3.8, 4) is 11.5 Å². The molecule has 1 fully saturated rings. The van der Waals surface area contributed by atoms with Crippen LogP contribution in [0.2, 0.25) is 0 Å². The van der Waals surface area contributed by atoms with E-state index in [4.69, 9.17) is 9.47 Å². The van der Waals surface area contributed by atoms with Crippen LogP contribution in [0.3, 0.4) is 0 Å². The van der Waals surface area contributed by atoms with Crippen LogP contribution in [-0.4, -0.2) is 59.4 Å². The van der Waals surface area contributed by atoms with Gasteiger partial charge in [0.15, 0.2) is 11.5 Å². The number of pyridine rings is 1. The van der Waals surface area contributed by atoms with E-state index in [2.05, 4.69) is 10.3 Å². The van der Waals surface area contributed by atoms with Crippen LogP contribution in [0.15, 0.2) is 36.5 Å². The summed E-state index contributed by atoms with van der Waals surface area (Å²) in [4.78, 5) is 45.1. The van der Waals surface area contributed by atoms with Crippen molar-refractivity contribution in [3.63, 3.8) is 0 Å². The number of amides is 4. The van der Waals surface area contributed by atoms with Gasteiger partial charge in [0.1, 0.15) is 6.04 Å². The van der Waals surface area contributed by atoms with Crippen LogP contribution in [0, 0.1) is 0 Å². The van der Waals surface area contributed by atoms with Gasteiger partial charge in [-0.05, 0) is 48.2 Å². The van der Waals surface area contributed by atoms with E-state index in [1.165, 1.54) is 4.90 Å². The third-order valence-electron chi connectivity index (χ3n) is 6.34. The van der Waals surface area contributed by atoms with Crippen molar-refractivity contribution in [1.82, 2.24) is 20.1 Å². The lowest BCUT2D eigenvalue weighted by molar-refractivity contribution is -0.128. The zero-order valence-electron chi connectivity index (χ0n) is 19.6. The zero-order chi connectivity index (χ0) is 24.1. The molecule has 0 unspecified atom stereocenters. The Balaban J connectivity index is 1.24. The van der Waals surface area contributed by atoms with Gasteiger partial charge in [-0.2, -0.15) is 0 Å². The molecular weight excluding hydrogens is 436 g/mol. The fraction of sp³-hybridized carbons (Fsp3) is 0.440. The lowest BCUT2D eigenvalue weighted by Gasteiger charge is -2.29. The van der Waals surface area contributed by atoms with Crippen molar-refractivity contribution in [2.75, 3.05) is 20.8 Å². The van der Waals surface area contributed by atoms with E-state index in [-0.39, 0.29) is 17.8 Å². The largest absolute Gasteiger partial charge is 0.493 e. The molecule has 0 bridgehead atoms. The van der Waals surface area contributed by atoms with Gasteiger partial charge in [0.05, 0.1) is 26.5 Å². The number of fused-ring (bicyclic) bond motifs is 2. The van der Waals surface area contributed by atoms with Crippen LogP contribution < -0.4 is 14.8 Å². The SMILES string of the molecule is COc1cc2c(cc1OC)CN1C(=O)N(CCCCCC(=O)NCc3ccccn3)C(=O)[C@@H]1C2. The molecule has 0 aliphatic carbocycles. The highest BCUT2D eigenvalue weighted by molar-refractivity contribution is 6.04. The van der Waals surface area contributed by atoms with Crippen LogP contribution >= 0.6 is 0 Å². The summed E-state index contributed by atoms with van der Waals surface area (Å²) in [6.45, 7) is 1.15. The minimum absolute atomic E-state index is 0.0280. The smallest absolute Gasteiger partial charge is 0.327 e. The molecule has 180 valence electrons. The summed E-state index contributed by atoms with van der Waals surface area (Å²) in [5.74, 6) is 1.05. The predicted octanol–water partition coefficient (Wildman–Crippen LogP) is 2.66. The van der Waals surface area contributed by atoms with Crippen molar-refractivity contribution in [2.24, 2.45) is 0 Å². The van der Waals surface area contributed by atoms with Crippen LogP contribution in [0.1, 0.15) is 42.5 Å². The Morgan fingerprint density at radius 1 is 1.09 bits per heavy atom. The predicted molar refractivity (Wildman–Crippen MR) is 124 cm³/mol. The highest BCUT2D eigenvalue weighted by Gasteiger charge is 2.47. The number of rotatable bonds is 10. The Kier molecular flexibility index (Phi) is 7.30. The molecule has 1 atom stereocenters. The van der Waals surface area contributed by atoms with Crippen molar-refractivity contribution in [3.05, 3.63) is 53.3 Å². The summed E-state index contributed by atoms with van der Waals surface area (Å²) in [6, 6.07) is 8.63. The molecule has 0 spiro atoms. The molecule has 2 aliphatic heterocycles. The molecular formula is C25H30N4O5. The van der Waals surface area contributed by atoms with E-state index in [9.17, 15) is 14.4 Å². The number of methoxy groups -OCH3 is 2. The molecule has 4 rings (SSSR count). The summed E-state index contributed by atoms with van der Waals surface area (Å²) in [7, 11) is 3.15. The average Bonchev–Trinajstić information content (AvgIpc) is 3.09. The Hall–Kier alpha value is -3.62. The minimum atomic E-state index is -0.476. The first-order valence-corrected chi connectivity index (χ1v) is 11.5. The molecule has 34 heavy (non-hydrogen) atoms. The maximum atomic E-state index is 13.0. The number of nitrogens with one attached hydrogen (secondary N) is 1. The van der Waals surface area contributed by atoms with Crippen LogP contribution in [0.4, 0.5) is 4.79 Å². The molecule has 0 radical (unpaired) electrons. The van der Waals surface area contributed by atoms with E-state index in [1.807, 2.05) is 30.3 Å². The summed E-state index contributed by atoms with van der Waals surface area (Å²) >= 11 is 0. The Labute approximate surface area is 199 Å².